The van der Waals surface area contributed by atoms with Gasteiger partial charge in [0.2, 0.25) is 11.8 Å². The topological polar surface area (TPSA) is 43.9 Å². The zero-order chi connectivity index (χ0) is 13.6. The third kappa shape index (κ3) is 2.14. The molecule has 0 aliphatic carbocycles. The molecular weight excluding hydrogens is 242 g/mol. The van der Waals surface area contributed by atoms with Gasteiger partial charge in [-0.2, -0.15) is 0 Å². The quantitative estimate of drug-likeness (QED) is 0.678. The van der Waals surface area contributed by atoms with Gasteiger partial charge in [0.05, 0.1) is 0 Å². The van der Waals surface area contributed by atoms with Crippen LogP contribution >= 0.6 is 0 Å². The Labute approximate surface area is 114 Å². The van der Waals surface area contributed by atoms with Gasteiger partial charge in [-0.15, -0.1) is 0 Å². The summed E-state index contributed by atoms with van der Waals surface area (Å²) in [4.78, 5) is 30.7. The molecule has 3 fully saturated rings. The smallest absolute Gasteiger partial charge is 0.246 e. The summed E-state index contributed by atoms with van der Waals surface area (Å²) in [6, 6.07) is 0.0866. The molecule has 0 spiro atoms. The van der Waals surface area contributed by atoms with Crippen LogP contribution in [0.3, 0.4) is 0 Å². The summed E-state index contributed by atoms with van der Waals surface area (Å²) in [7, 11) is 2.12. The second-order valence-electron chi connectivity index (χ2n) is 6.31. The Kier molecular flexibility index (Phi) is 3.25. The van der Waals surface area contributed by atoms with Gasteiger partial charge < -0.3 is 14.7 Å². The van der Waals surface area contributed by atoms with Crippen LogP contribution in [0.1, 0.15) is 26.2 Å². The number of piperidine rings is 1. The first-order chi connectivity index (χ1) is 9.08. The molecule has 0 aromatic rings. The lowest BCUT2D eigenvalue weighted by molar-refractivity contribution is -0.157. The van der Waals surface area contributed by atoms with E-state index in [0.717, 1.165) is 38.9 Å². The van der Waals surface area contributed by atoms with Gasteiger partial charge in [-0.05, 0) is 38.8 Å². The SMILES string of the molecule is CC1CN(C)CCC1N1CC(=O)N2CCCC2C1=O. The lowest BCUT2D eigenvalue weighted by Crippen LogP contribution is -2.62. The van der Waals surface area contributed by atoms with Crippen LogP contribution in [-0.2, 0) is 9.59 Å². The van der Waals surface area contributed by atoms with Gasteiger partial charge in [0.25, 0.3) is 0 Å². The number of rotatable bonds is 1. The van der Waals surface area contributed by atoms with E-state index in [2.05, 4.69) is 18.9 Å². The predicted octanol–water partition coefficient (Wildman–Crippen LogP) is 0.160. The number of carbonyl (C=O) groups excluding carboxylic acids is 2. The van der Waals surface area contributed by atoms with Crippen LogP contribution in [0.5, 0.6) is 0 Å². The molecule has 3 heterocycles. The number of amides is 2. The predicted molar refractivity (Wildman–Crippen MR) is 71.5 cm³/mol. The average molecular weight is 265 g/mol. The summed E-state index contributed by atoms with van der Waals surface area (Å²) in [5.74, 6) is 0.787. The van der Waals surface area contributed by atoms with Crippen molar-refractivity contribution in [2.75, 3.05) is 33.2 Å². The van der Waals surface area contributed by atoms with Crippen LogP contribution in [0, 0.1) is 5.92 Å². The first-order valence-corrected chi connectivity index (χ1v) is 7.36. The van der Waals surface area contributed by atoms with Crippen molar-refractivity contribution in [3.8, 4) is 0 Å². The zero-order valence-corrected chi connectivity index (χ0v) is 11.8. The summed E-state index contributed by atoms with van der Waals surface area (Å²) in [6.45, 7) is 5.29. The molecule has 0 aromatic heterocycles. The van der Waals surface area contributed by atoms with Gasteiger partial charge in [-0.3, -0.25) is 9.59 Å². The molecule has 0 aromatic carbocycles. The summed E-state index contributed by atoms with van der Waals surface area (Å²) in [5, 5.41) is 0. The van der Waals surface area contributed by atoms with Crippen molar-refractivity contribution in [2.24, 2.45) is 5.92 Å². The van der Waals surface area contributed by atoms with Crippen LogP contribution in [-0.4, -0.2) is 71.8 Å². The van der Waals surface area contributed by atoms with Crippen molar-refractivity contribution in [2.45, 2.75) is 38.3 Å². The molecule has 0 N–H and O–H groups in total. The van der Waals surface area contributed by atoms with Crippen LogP contribution < -0.4 is 0 Å². The number of fused-ring (bicyclic) bond motifs is 1. The van der Waals surface area contributed by atoms with Gasteiger partial charge in [0.1, 0.15) is 12.6 Å². The zero-order valence-electron chi connectivity index (χ0n) is 11.8. The van der Waals surface area contributed by atoms with Crippen molar-refractivity contribution < 1.29 is 9.59 Å². The number of nitrogens with zero attached hydrogens (tertiary/aromatic N) is 3. The number of hydrogen-bond acceptors (Lipinski definition) is 3. The molecule has 0 saturated carbocycles. The highest BCUT2D eigenvalue weighted by atomic mass is 16.2. The maximum absolute atomic E-state index is 12.6. The third-order valence-corrected chi connectivity index (χ3v) is 4.91. The maximum atomic E-state index is 12.6. The first kappa shape index (κ1) is 12.9. The Morgan fingerprint density at radius 2 is 1.89 bits per heavy atom. The fraction of sp³-hybridized carbons (Fsp3) is 0.857. The minimum absolute atomic E-state index is 0.147. The van der Waals surface area contributed by atoms with E-state index >= 15 is 0 Å². The van der Waals surface area contributed by atoms with Crippen LogP contribution in [0.2, 0.25) is 0 Å². The van der Waals surface area contributed by atoms with E-state index < -0.39 is 0 Å². The van der Waals surface area contributed by atoms with Crippen molar-refractivity contribution in [1.82, 2.24) is 14.7 Å². The van der Waals surface area contributed by atoms with Crippen LogP contribution in [0.25, 0.3) is 0 Å². The number of hydrogen-bond donors (Lipinski definition) is 0. The molecule has 3 atom stereocenters. The van der Waals surface area contributed by atoms with Gasteiger partial charge >= 0.3 is 0 Å². The van der Waals surface area contributed by atoms with Gasteiger partial charge in [0, 0.05) is 19.1 Å². The molecule has 106 valence electrons. The van der Waals surface area contributed by atoms with Crippen LogP contribution in [0.15, 0.2) is 0 Å². The van der Waals surface area contributed by atoms with Crippen molar-refractivity contribution in [3.05, 3.63) is 0 Å². The molecule has 5 heteroatoms. The molecule has 5 nitrogen and oxygen atoms in total. The lowest BCUT2D eigenvalue weighted by Gasteiger charge is -2.45. The third-order valence-electron chi connectivity index (χ3n) is 4.91. The maximum Gasteiger partial charge on any atom is 0.246 e. The van der Waals surface area contributed by atoms with Crippen molar-refractivity contribution in [1.29, 1.82) is 0 Å². The minimum Gasteiger partial charge on any atom is -0.329 e. The van der Waals surface area contributed by atoms with E-state index in [9.17, 15) is 9.59 Å². The average Bonchev–Trinajstić information content (AvgIpc) is 2.84. The Morgan fingerprint density at radius 1 is 1.11 bits per heavy atom. The second-order valence-corrected chi connectivity index (χ2v) is 6.31. The Morgan fingerprint density at radius 3 is 2.63 bits per heavy atom. The molecule has 2 amide bonds. The number of piperazine rings is 1. The summed E-state index contributed by atoms with van der Waals surface area (Å²) in [5.41, 5.74) is 0. The summed E-state index contributed by atoms with van der Waals surface area (Å²) < 4.78 is 0. The van der Waals surface area contributed by atoms with E-state index in [1.807, 2.05) is 4.90 Å². The first-order valence-electron chi connectivity index (χ1n) is 7.36. The molecule has 3 saturated heterocycles. The molecule has 19 heavy (non-hydrogen) atoms. The molecular formula is C14H23N3O2. The van der Waals surface area contributed by atoms with E-state index in [1.54, 1.807) is 4.90 Å². The highest BCUT2D eigenvalue weighted by Gasteiger charge is 2.45. The fourth-order valence-corrected chi connectivity index (χ4v) is 3.91. The van der Waals surface area contributed by atoms with E-state index in [-0.39, 0.29) is 23.9 Å². The largest absolute Gasteiger partial charge is 0.329 e. The standard InChI is InChI=1S/C14H23N3O2/c1-10-8-15(2)7-5-11(10)17-9-13(18)16-6-3-4-12(16)14(17)19/h10-12H,3-9H2,1-2H3. The molecule has 3 aliphatic rings. The number of likely N-dealkylation sites (tertiary alicyclic amines) is 1. The molecule has 0 radical (unpaired) electrons. The Bertz CT molecular complexity index is 398. The summed E-state index contributed by atoms with van der Waals surface area (Å²) in [6.07, 6.45) is 2.81. The number of carbonyl (C=O) groups is 2. The lowest BCUT2D eigenvalue weighted by atomic mass is 9.91. The Hall–Kier alpha value is -1.10. The van der Waals surface area contributed by atoms with Gasteiger partial charge in [-0.1, -0.05) is 6.92 Å². The summed E-state index contributed by atoms with van der Waals surface area (Å²) >= 11 is 0. The highest BCUT2D eigenvalue weighted by molar-refractivity contribution is 5.95. The van der Waals surface area contributed by atoms with Crippen LogP contribution in [0.4, 0.5) is 0 Å². The van der Waals surface area contributed by atoms with Gasteiger partial charge in [-0.25, -0.2) is 0 Å². The van der Waals surface area contributed by atoms with Gasteiger partial charge in [0.15, 0.2) is 0 Å². The normalized spacial score (nSPS) is 36.8. The van der Waals surface area contributed by atoms with E-state index in [1.165, 1.54) is 0 Å². The minimum atomic E-state index is -0.159. The van der Waals surface area contributed by atoms with E-state index in [0.29, 0.717) is 12.5 Å². The second kappa shape index (κ2) is 4.78. The molecule has 0 bridgehead atoms. The molecule has 3 rings (SSSR count). The highest BCUT2D eigenvalue weighted by Crippen LogP contribution is 2.29. The van der Waals surface area contributed by atoms with Crippen molar-refractivity contribution in [3.63, 3.8) is 0 Å². The van der Waals surface area contributed by atoms with Crippen molar-refractivity contribution >= 4 is 11.8 Å². The molecule has 3 aliphatic heterocycles. The van der Waals surface area contributed by atoms with E-state index in [4.69, 9.17) is 0 Å². The monoisotopic (exact) mass is 265 g/mol. The fourth-order valence-electron chi connectivity index (χ4n) is 3.91. The Balaban J connectivity index is 1.77. The molecule has 3 unspecified atom stereocenters.